The Morgan fingerprint density at radius 2 is 1.63 bits per heavy atom. The molecule has 0 saturated heterocycles. The second-order valence-corrected chi connectivity index (χ2v) is 8.37. The summed E-state index contributed by atoms with van der Waals surface area (Å²) in [4.78, 5) is 13.1. The minimum atomic E-state index is -0.406. The van der Waals surface area contributed by atoms with Crippen LogP contribution < -0.4 is 4.74 Å². The topological polar surface area (TPSA) is 73.9 Å². The van der Waals surface area contributed by atoms with Crippen LogP contribution in [0.15, 0.2) is 12.1 Å². The zero-order valence-corrected chi connectivity index (χ0v) is 16.4. The summed E-state index contributed by atoms with van der Waals surface area (Å²) in [5, 5.41) is 19.1. The van der Waals surface area contributed by atoms with Gasteiger partial charge in [-0.2, -0.15) is 10.5 Å². The van der Waals surface area contributed by atoms with Crippen LogP contribution in [0.3, 0.4) is 0 Å². The lowest BCUT2D eigenvalue weighted by Crippen LogP contribution is -2.47. The van der Waals surface area contributed by atoms with Crippen molar-refractivity contribution in [3.05, 3.63) is 28.8 Å². The van der Waals surface area contributed by atoms with Gasteiger partial charge in [0.05, 0.1) is 11.0 Å². The van der Waals surface area contributed by atoms with Crippen LogP contribution in [-0.2, 0) is 11.2 Å². The quantitative estimate of drug-likeness (QED) is 0.498. The van der Waals surface area contributed by atoms with Gasteiger partial charge < -0.3 is 4.74 Å². The summed E-state index contributed by atoms with van der Waals surface area (Å²) < 4.78 is 5.75. The van der Waals surface area contributed by atoms with Crippen molar-refractivity contribution in [2.24, 2.45) is 10.8 Å². The molecule has 0 spiro atoms. The molecule has 0 aromatic heterocycles. The first-order chi connectivity index (χ1) is 13.0. The molecule has 0 radical (unpaired) electrons. The Morgan fingerprint density at radius 1 is 1.00 bits per heavy atom. The maximum absolute atomic E-state index is 13.1. The molecule has 0 aliphatic heterocycles. The molecular formula is C23H28N2O2. The van der Waals surface area contributed by atoms with Gasteiger partial charge in [-0.3, -0.25) is 4.79 Å². The zero-order chi connectivity index (χ0) is 19.5. The number of fused-ring (bicyclic) bond motifs is 3. The number of nitriles is 2. The Balaban J connectivity index is 1.82. The number of nitrogens with zero attached hydrogens (tertiary/aromatic N) is 2. The summed E-state index contributed by atoms with van der Waals surface area (Å²) in [5.74, 6) is 0.0279. The normalized spacial score (nSPS) is 26.2. The Bertz CT molecular complexity index is 788. The number of ether oxygens (including phenoxy) is 1. The molecular weight excluding hydrogens is 336 g/mol. The van der Waals surface area contributed by atoms with Crippen LogP contribution in [0.25, 0.3) is 0 Å². The van der Waals surface area contributed by atoms with E-state index in [9.17, 15) is 15.3 Å². The molecule has 0 unspecified atom stereocenters. The number of hydrogen-bond acceptors (Lipinski definition) is 4. The fraction of sp³-hybridized carbons (Fsp3) is 0.609. The van der Waals surface area contributed by atoms with Crippen molar-refractivity contribution in [3.8, 4) is 17.9 Å². The van der Waals surface area contributed by atoms with E-state index in [0.717, 1.165) is 56.9 Å². The second-order valence-electron chi connectivity index (χ2n) is 8.37. The van der Waals surface area contributed by atoms with Crippen LogP contribution >= 0.6 is 0 Å². The highest BCUT2D eigenvalue weighted by atomic mass is 16.5. The lowest BCUT2D eigenvalue weighted by molar-refractivity contribution is -0.156. The van der Waals surface area contributed by atoms with Crippen molar-refractivity contribution in [1.29, 1.82) is 10.5 Å². The molecule has 2 bridgehead atoms. The molecule has 3 aliphatic carbocycles. The van der Waals surface area contributed by atoms with E-state index >= 15 is 0 Å². The monoisotopic (exact) mass is 364 g/mol. The first-order valence-corrected chi connectivity index (χ1v) is 10.2. The Kier molecular flexibility index (Phi) is 5.56. The van der Waals surface area contributed by atoms with Crippen molar-refractivity contribution >= 4 is 5.97 Å². The third kappa shape index (κ3) is 3.46. The van der Waals surface area contributed by atoms with E-state index in [0.29, 0.717) is 11.0 Å². The van der Waals surface area contributed by atoms with Crippen LogP contribution in [0.4, 0.5) is 0 Å². The van der Waals surface area contributed by atoms with Gasteiger partial charge in [-0.05, 0) is 68.4 Å². The maximum atomic E-state index is 13.1. The average Bonchev–Trinajstić information content (AvgIpc) is 2.70. The lowest BCUT2D eigenvalue weighted by atomic mass is 9.52. The molecule has 0 heterocycles. The van der Waals surface area contributed by atoms with Crippen LogP contribution in [0.1, 0.15) is 88.3 Å². The van der Waals surface area contributed by atoms with E-state index in [1.54, 1.807) is 6.07 Å². The molecule has 1 aromatic carbocycles. The smallest absolute Gasteiger partial charge is 0.317 e. The summed E-state index contributed by atoms with van der Waals surface area (Å²) in [6, 6.07) is 7.72. The average molecular weight is 364 g/mol. The van der Waals surface area contributed by atoms with E-state index in [4.69, 9.17) is 4.74 Å². The van der Waals surface area contributed by atoms with E-state index in [1.807, 2.05) is 13.0 Å². The summed E-state index contributed by atoms with van der Waals surface area (Å²) in [7, 11) is 0. The first kappa shape index (κ1) is 19.4. The van der Waals surface area contributed by atoms with Crippen molar-refractivity contribution in [1.82, 2.24) is 0 Å². The SMILES string of the molecule is CCCc1ccc(OC(=O)C23CCC(CCC)(CC2)CC3)c(C#N)c1C#N. The number of esters is 1. The maximum Gasteiger partial charge on any atom is 0.317 e. The molecule has 3 fully saturated rings. The van der Waals surface area contributed by atoms with Crippen molar-refractivity contribution in [2.75, 3.05) is 0 Å². The molecule has 3 aliphatic rings. The van der Waals surface area contributed by atoms with E-state index in [2.05, 4.69) is 19.1 Å². The molecule has 0 atom stereocenters. The van der Waals surface area contributed by atoms with Crippen LogP contribution in [0, 0.1) is 33.5 Å². The molecule has 142 valence electrons. The highest BCUT2D eigenvalue weighted by Gasteiger charge is 2.52. The fourth-order valence-corrected chi connectivity index (χ4v) is 5.11. The third-order valence-electron chi connectivity index (χ3n) is 6.81. The minimum absolute atomic E-state index is 0.195. The van der Waals surface area contributed by atoms with Crippen molar-refractivity contribution in [2.45, 2.75) is 78.1 Å². The van der Waals surface area contributed by atoms with Gasteiger partial charge >= 0.3 is 5.97 Å². The Labute approximate surface area is 162 Å². The molecule has 0 amide bonds. The zero-order valence-electron chi connectivity index (χ0n) is 16.4. The van der Waals surface area contributed by atoms with Gasteiger partial charge in [-0.15, -0.1) is 0 Å². The molecule has 1 aromatic rings. The third-order valence-corrected chi connectivity index (χ3v) is 6.81. The lowest BCUT2D eigenvalue weighted by Gasteiger charge is -2.52. The predicted molar refractivity (Wildman–Crippen MR) is 103 cm³/mol. The summed E-state index contributed by atoms with van der Waals surface area (Å²) >= 11 is 0. The number of carbonyl (C=O) groups excluding carboxylic acids is 1. The number of carbonyl (C=O) groups is 1. The van der Waals surface area contributed by atoms with E-state index in [1.165, 1.54) is 12.8 Å². The number of benzene rings is 1. The molecule has 4 heteroatoms. The summed E-state index contributed by atoms with van der Waals surface area (Å²) in [6.45, 7) is 4.27. The minimum Gasteiger partial charge on any atom is -0.425 e. The van der Waals surface area contributed by atoms with Gasteiger partial charge in [0.25, 0.3) is 0 Å². The highest BCUT2D eigenvalue weighted by Crippen LogP contribution is 2.59. The van der Waals surface area contributed by atoms with Gasteiger partial charge in [-0.25, -0.2) is 0 Å². The standard InChI is InChI=1S/C23H28N2O2/c1-3-5-17-6-7-20(19(16-25)18(17)15-24)27-21(26)23-12-9-22(8-4-2,10-13-23)11-14-23/h6-7H,3-5,8-14H2,1-2H3. The number of aryl methyl sites for hydroxylation is 1. The van der Waals surface area contributed by atoms with Crippen LogP contribution in [0.5, 0.6) is 5.75 Å². The predicted octanol–water partition coefficient (Wildman–Crippen LogP) is 5.43. The Morgan fingerprint density at radius 3 is 2.15 bits per heavy atom. The second kappa shape index (κ2) is 7.73. The Hall–Kier alpha value is -2.33. The van der Waals surface area contributed by atoms with Gasteiger partial charge in [0.1, 0.15) is 23.5 Å². The fourth-order valence-electron chi connectivity index (χ4n) is 5.11. The van der Waals surface area contributed by atoms with Crippen LogP contribution in [0.2, 0.25) is 0 Å². The first-order valence-electron chi connectivity index (χ1n) is 10.2. The highest BCUT2D eigenvalue weighted by molar-refractivity contribution is 5.80. The van der Waals surface area contributed by atoms with Crippen LogP contribution in [-0.4, -0.2) is 5.97 Å². The molecule has 4 nitrogen and oxygen atoms in total. The van der Waals surface area contributed by atoms with E-state index in [-0.39, 0.29) is 17.3 Å². The van der Waals surface area contributed by atoms with Gasteiger partial charge in [0.2, 0.25) is 0 Å². The van der Waals surface area contributed by atoms with E-state index < -0.39 is 5.41 Å². The molecule has 3 saturated carbocycles. The van der Waals surface area contributed by atoms with Crippen molar-refractivity contribution in [3.63, 3.8) is 0 Å². The summed E-state index contributed by atoms with van der Waals surface area (Å²) in [5.41, 5.74) is 1.41. The molecule has 0 N–H and O–H groups in total. The van der Waals surface area contributed by atoms with Gasteiger partial charge in [0.15, 0.2) is 0 Å². The molecule has 27 heavy (non-hydrogen) atoms. The van der Waals surface area contributed by atoms with Gasteiger partial charge in [0, 0.05) is 0 Å². The van der Waals surface area contributed by atoms with Crippen molar-refractivity contribution < 1.29 is 9.53 Å². The molecule has 4 rings (SSSR count). The van der Waals surface area contributed by atoms with Gasteiger partial charge in [-0.1, -0.05) is 32.8 Å². The number of rotatable bonds is 6. The largest absolute Gasteiger partial charge is 0.425 e. The summed E-state index contributed by atoms with van der Waals surface area (Å²) in [6.07, 6.45) is 10.0. The number of hydrogen-bond donors (Lipinski definition) is 0.